The van der Waals surface area contributed by atoms with Gasteiger partial charge in [-0.1, -0.05) is 31.8 Å². The van der Waals surface area contributed by atoms with Gasteiger partial charge >= 0.3 is 0 Å². The van der Waals surface area contributed by atoms with E-state index in [2.05, 4.69) is 30.0 Å². The van der Waals surface area contributed by atoms with E-state index < -0.39 is 13.5 Å². The molecule has 7 heteroatoms. The Labute approximate surface area is 167 Å². The normalized spacial score (nSPS) is 19.4. The third kappa shape index (κ3) is 4.10. The number of rotatable bonds is 9. The zero-order chi connectivity index (χ0) is 20.5. The van der Waals surface area contributed by atoms with Crippen LogP contribution in [0.15, 0.2) is 12.1 Å². The second-order valence-electron chi connectivity index (χ2n) is 9.24. The third-order valence-corrected chi connectivity index (χ3v) is 7.58. The molecule has 0 fully saturated rings. The molecule has 28 heavy (non-hydrogen) atoms. The molecule has 0 saturated heterocycles. The Balaban J connectivity index is 1.81. The molecule has 1 aliphatic rings. The van der Waals surface area contributed by atoms with Crippen molar-refractivity contribution in [2.45, 2.75) is 71.9 Å². The van der Waals surface area contributed by atoms with Gasteiger partial charge in [0.2, 0.25) is 0 Å². The quantitative estimate of drug-likeness (QED) is 0.464. The van der Waals surface area contributed by atoms with E-state index >= 15 is 0 Å². The van der Waals surface area contributed by atoms with Gasteiger partial charge in [-0.3, -0.25) is 4.79 Å². The van der Waals surface area contributed by atoms with E-state index in [-0.39, 0.29) is 11.6 Å². The molecule has 0 N–H and O–H groups in total. The van der Waals surface area contributed by atoms with Crippen LogP contribution in [-0.2, 0) is 22.7 Å². The average Bonchev–Trinajstić information content (AvgIpc) is 3.16. The lowest BCUT2D eigenvalue weighted by molar-refractivity contribution is -0.117. The molecule has 152 valence electrons. The molecule has 1 unspecified atom stereocenters. The molecule has 1 aromatic heterocycles. The number of fused-ring (bicyclic) bond motifs is 3. The van der Waals surface area contributed by atoms with Gasteiger partial charge in [-0.25, -0.2) is 4.68 Å². The lowest BCUT2D eigenvalue weighted by Crippen LogP contribution is -2.28. The van der Waals surface area contributed by atoms with Gasteiger partial charge in [0.25, 0.3) is 0 Å². The van der Waals surface area contributed by atoms with Crippen LogP contribution in [0.4, 0.5) is 0 Å². The minimum Gasteiger partial charge on any atom is -0.359 e. The Bertz CT molecular complexity index is 900. The summed E-state index contributed by atoms with van der Waals surface area (Å²) >= 11 is 0. The monoisotopic (exact) mass is 401 g/mol. The Hall–Kier alpha value is -1.86. The van der Waals surface area contributed by atoms with Crippen molar-refractivity contribution < 1.29 is 14.3 Å². The van der Waals surface area contributed by atoms with Gasteiger partial charge < -0.3 is 9.53 Å². The number of hydrogen-bond donors (Lipinski definition) is 0. The lowest BCUT2D eigenvalue weighted by Gasteiger charge is -2.25. The van der Waals surface area contributed by atoms with E-state index in [1.807, 2.05) is 19.1 Å². The molecule has 0 radical (unpaired) electrons. The van der Waals surface area contributed by atoms with Crippen molar-refractivity contribution in [1.29, 1.82) is 0 Å². The predicted molar refractivity (Wildman–Crippen MR) is 112 cm³/mol. The number of aromatic nitrogens is 3. The van der Waals surface area contributed by atoms with Crippen molar-refractivity contribution in [2.24, 2.45) is 5.41 Å². The Kier molecular flexibility index (Phi) is 5.86. The highest BCUT2D eigenvalue weighted by Gasteiger charge is 2.45. The van der Waals surface area contributed by atoms with Crippen molar-refractivity contribution in [2.75, 3.05) is 6.61 Å². The largest absolute Gasteiger partial charge is 0.359 e. The molecule has 0 aliphatic heterocycles. The van der Waals surface area contributed by atoms with E-state index in [4.69, 9.17) is 4.74 Å². The molecule has 1 heterocycles. The first kappa shape index (κ1) is 20.9. The zero-order valence-electron chi connectivity index (χ0n) is 17.7. The van der Waals surface area contributed by atoms with Gasteiger partial charge in [0.15, 0.2) is 5.78 Å². The van der Waals surface area contributed by atoms with Crippen LogP contribution >= 0.6 is 0 Å². The number of hydrogen-bond acceptors (Lipinski definition) is 5. The summed E-state index contributed by atoms with van der Waals surface area (Å²) in [6.45, 7) is 11.7. The van der Waals surface area contributed by atoms with Crippen molar-refractivity contribution in [3.63, 3.8) is 0 Å². The molecule has 0 amide bonds. The first-order valence-electron chi connectivity index (χ1n) is 10.1. The predicted octanol–water partition coefficient (Wildman–Crippen LogP) is 4.25. The molecule has 1 atom stereocenters. The summed E-state index contributed by atoms with van der Waals surface area (Å²) in [4.78, 5) is 24.6. The number of carbonyl (C=O) groups is 2. The number of benzene rings is 1. The first-order valence-corrected chi connectivity index (χ1v) is 13.8. The van der Waals surface area contributed by atoms with Gasteiger partial charge in [-0.2, -0.15) is 0 Å². The SMILES string of the molecule is CCC1(CCC(C)=O)Cc2c(ccc3c2nnn3COCC[Si](C)(C)C)C1=O. The van der Waals surface area contributed by atoms with Crippen LogP contribution in [0, 0.1) is 5.41 Å². The molecule has 1 aromatic carbocycles. The topological polar surface area (TPSA) is 74.1 Å². The Morgan fingerprint density at radius 1 is 1.32 bits per heavy atom. The van der Waals surface area contributed by atoms with Crippen LogP contribution in [0.25, 0.3) is 11.0 Å². The van der Waals surface area contributed by atoms with Crippen LogP contribution in [0.3, 0.4) is 0 Å². The van der Waals surface area contributed by atoms with Crippen LogP contribution < -0.4 is 0 Å². The molecule has 6 nitrogen and oxygen atoms in total. The summed E-state index contributed by atoms with van der Waals surface area (Å²) in [5, 5.41) is 8.64. The number of ketones is 2. The van der Waals surface area contributed by atoms with E-state index in [9.17, 15) is 9.59 Å². The van der Waals surface area contributed by atoms with Crippen LogP contribution in [0.1, 0.15) is 49.0 Å². The number of Topliss-reactive ketones (excluding diaryl/α,β-unsaturated/α-hetero) is 2. The summed E-state index contributed by atoms with van der Waals surface area (Å²) in [5.41, 5.74) is 2.92. The maximum atomic E-state index is 13.1. The average molecular weight is 402 g/mol. The summed E-state index contributed by atoms with van der Waals surface area (Å²) in [5.74, 6) is 0.275. The zero-order valence-corrected chi connectivity index (χ0v) is 18.7. The van der Waals surface area contributed by atoms with Crippen LogP contribution in [0.2, 0.25) is 25.7 Å². The minimum atomic E-state index is -1.12. The fraction of sp³-hybridized carbons (Fsp3) is 0.619. The maximum Gasteiger partial charge on any atom is 0.169 e. The van der Waals surface area contributed by atoms with Crippen molar-refractivity contribution in [3.8, 4) is 0 Å². The molecule has 1 aliphatic carbocycles. The van der Waals surface area contributed by atoms with E-state index in [1.54, 1.807) is 11.6 Å². The molecule has 0 saturated carbocycles. The smallest absolute Gasteiger partial charge is 0.169 e. The molecule has 3 rings (SSSR count). The summed E-state index contributed by atoms with van der Waals surface area (Å²) in [6.07, 6.45) is 2.40. The maximum absolute atomic E-state index is 13.1. The Morgan fingerprint density at radius 2 is 2.07 bits per heavy atom. The minimum absolute atomic E-state index is 0.128. The summed E-state index contributed by atoms with van der Waals surface area (Å²) in [6, 6.07) is 4.93. The van der Waals surface area contributed by atoms with Gasteiger partial charge in [0.05, 0.1) is 5.52 Å². The van der Waals surface area contributed by atoms with E-state index in [0.717, 1.165) is 41.2 Å². The number of ether oxygens (including phenoxy) is 1. The van der Waals surface area contributed by atoms with Crippen molar-refractivity contribution in [1.82, 2.24) is 15.0 Å². The standard InChI is InChI=1S/C21H31N3O3Si/c1-6-21(10-9-15(2)25)13-17-16(20(21)26)7-8-18-19(17)22-23-24(18)14-27-11-12-28(3,4)5/h7-8H,6,9-14H2,1-5H3. The lowest BCUT2D eigenvalue weighted by atomic mass is 9.76. The van der Waals surface area contributed by atoms with Gasteiger partial charge in [0.1, 0.15) is 18.0 Å². The highest BCUT2D eigenvalue weighted by molar-refractivity contribution is 6.76. The fourth-order valence-corrected chi connectivity index (χ4v) is 4.65. The van der Waals surface area contributed by atoms with Crippen LogP contribution in [0.5, 0.6) is 0 Å². The number of nitrogens with zero attached hydrogens (tertiary/aromatic N) is 3. The number of carbonyl (C=O) groups excluding carboxylic acids is 2. The third-order valence-electron chi connectivity index (χ3n) is 5.88. The first-order chi connectivity index (χ1) is 13.2. The highest BCUT2D eigenvalue weighted by atomic mass is 28.3. The second-order valence-corrected chi connectivity index (χ2v) is 14.9. The van der Waals surface area contributed by atoms with Gasteiger partial charge in [0, 0.05) is 32.1 Å². The van der Waals surface area contributed by atoms with E-state index in [1.165, 1.54) is 0 Å². The fourth-order valence-electron chi connectivity index (χ4n) is 3.89. The van der Waals surface area contributed by atoms with Crippen molar-refractivity contribution in [3.05, 3.63) is 23.3 Å². The highest BCUT2D eigenvalue weighted by Crippen LogP contribution is 2.45. The molecule has 0 spiro atoms. The van der Waals surface area contributed by atoms with Gasteiger partial charge in [-0.15, -0.1) is 5.10 Å². The second kappa shape index (κ2) is 7.87. The molecule has 0 bridgehead atoms. The molecule has 2 aromatic rings. The molecular formula is C21H31N3O3Si. The van der Waals surface area contributed by atoms with Crippen molar-refractivity contribution >= 4 is 30.7 Å². The summed E-state index contributed by atoms with van der Waals surface area (Å²) in [7, 11) is -1.12. The Morgan fingerprint density at radius 3 is 2.71 bits per heavy atom. The van der Waals surface area contributed by atoms with Gasteiger partial charge in [-0.05, 0) is 49.9 Å². The molecular weight excluding hydrogens is 370 g/mol. The summed E-state index contributed by atoms with van der Waals surface area (Å²) < 4.78 is 7.59. The van der Waals surface area contributed by atoms with E-state index in [0.29, 0.717) is 26.0 Å². The van der Waals surface area contributed by atoms with Crippen LogP contribution in [-0.4, -0.2) is 41.2 Å².